The van der Waals surface area contributed by atoms with Crippen LogP contribution in [-0.4, -0.2) is 59.0 Å². The summed E-state index contributed by atoms with van der Waals surface area (Å²) in [6.07, 6.45) is 4.84. The third-order valence-corrected chi connectivity index (χ3v) is 4.20. The van der Waals surface area contributed by atoms with E-state index >= 15 is 0 Å². The second kappa shape index (κ2) is 12.8. The third-order valence-electron chi connectivity index (χ3n) is 4.20. The van der Waals surface area contributed by atoms with Gasteiger partial charge in [0.2, 0.25) is 0 Å². The van der Waals surface area contributed by atoms with E-state index in [9.17, 15) is 4.79 Å². The van der Waals surface area contributed by atoms with Gasteiger partial charge in [0.1, 0.15) is 0 Å². The molecule has 1 aliphatic heterocycles. The first-order valence-electron chi connectivity index (χ1n) is 9.36. The zero-order chi connectivity index (χ0) is 18.5. The molecule has 0 spiro atoms. The lowest BCUT2D eigenvalue weighted by atomic mass is 10.0. The fraction of sp³-hybridized carbons (Fsp3) is 0.650. The van der Waals surface area contributed by atoms with Crippen LogP contribution >= 0.6 is 0 Å². The largest absolute Gasteiger partial charge is 0.465 e. The third kappa shape index (κ3) is 7.83. The number of aryl methyl sites for hydroxylation is 1. The summed E-state index contributed by atoms with van der Waals surface area (Å²) in [6.45, 7) is 3.63. The molecule has 1 unspecified atom stereocenters. The topological polar surface area (TPSA) is 63.2 Å². The fourth-order valence-corrected chi connectivity index (χ4v) is 2.82. The summed E-state index contributed by atoms with van der Waals surface area (Å²) < 4.78 is 26.9. The van der Waals surface area contributed by atoms with Gasteiger partial charge in [-0.2, -0.15) is 0 Å². The lowest BCUT2D eigenvalue weighted by Gasteiger charge is -2.22. The Morgan fingerprint density at radius 2 is 1.85 bits per heavy atom. The van der Waals surface area contributed by atoms with Crippen LogP contribution in [0.4, 0.5) is 0 Å². The highest BCUT2D eigenvalue weighted by Gasteiger charge is 2.13. The van der Waals surface area contributed by atoms with Gasteiger partial charge in [0.25, 0.3) is 0 Å². The SMILES string of the molecule is COC(=O)c1ccccc1CCCOCCOCCOC1CCCCO1. The van der Waals surface area contributed by atoms with Crippen LogP contribution in [-0.2, 0) is 30.1 Å². The number of carbonyl (C=O) groups is 1. The van der Waals surface area contributed by atoms with E-state index in [1.54, 1.807) is 6.07 Å². The minimum absolute atomic E-state index is 0.0588. The van der Waals surface area contributed by atoms with Crippen molar-refractivity contribution in [3.8, 4) is 0 Å². The molecule has 0 N–H and O–H groups in total. The molecule has 6 nitrogen and oxygen atoms in total. The highest BCUT2D eigenvalue weighted by Crippen LogP contribution is 2.13. The minimum Gasteiger partial charge on any atom is -0.465 e. The molecular formula is C20H30O6. The molecule has 0 aliphatic carbocycles. The Kier molecular flexibility index (Phi) is 10.3. The van der Waals surface area contributed by atoms with E-state index in [1.807, 2.05) is 18.2 Å². The van der Waals surface area contributed by atoms with Crippen molar-refractivity contribution in [3.63, 3.8) is 0 Å². The number of methoxy groups -OCH3 is 1. The molecule has 0 radical (unpaired) electrons. The average Bonchev–Trinajstić information content (AvgIpc) is 2.70. The number of carbonyl (C=O) groups excluding carboxylic acids is 1. The maximum Gasteiger partial charge on any atom is 0.338 e. The molecule has 0 aromatic heterocycles. The van der Waals surface area contributed by atoms with Crippen LogP contribution in [0.3, 0.4) is 0 Å². The second-order valence-electron chi connectivity index (χ2n) is 6.14. The van der Waals surface area contributed by atoms with Gasteiger partial charge in [0.05, 0.1) is 39.1 Å². The molecule has 6 heteroatoms. The number of rotatable bonds is 12. The van der Waals surface area contributed by atoms with Crippen molar-refractivity contribution < 1.29 is 28.5 Å². The van der Waals surface area contributed by atoms with Crippen LogP contribution in [0.1, 0.15) is 41.6 Å². The highest BCUT2D eigenvalue weighted by atomic mass is 16.7. The molecule has 0 bridgehead atoms. The number of ether oxygens (including phenoxy) is 5. The van der Waals surface area contributed by atoms with Gasteiger partial charge in [-0.15, -0.1) is 0 Å². The fourth-order valence-electron chi connectivity index (χ4n) is 2.82. The molecule has 1 aromatic rings. The Hall–Kier alpha value is -1.47. The van der Waals surface area contributed by atoms with Gasteiger partial charge < -0.3 is 23.7 Å². The first-order valence-corrected chi connectivity index (χ1v) is 9.36. The molecule has 1 aliphatic rings. The average molecular weight is 366 g/mol. The van der Waals surface area contributed by atoms with E-state index in [0.717, 1.165) is 37.9 Å². The van der Waals surface area contributed by atoms with E-state index in [2.05, 4.69) is 0 Å². The van der Waals surface area contributed by atoms with E-state index in [1.165, 1.54) is 13.5 Å². The first kappa shape index (κ1) is 20.8. The summed E-state index contributed by atoms with van der Waals surface area (Å²) >= 11 is 0. The predicted octanol–water partition coefficient (Wildman–Crippen LogP) is 2.98. The molecule has 1 heterocycles. The molecule has 146 valence electrons. The van der Waals surface area contributed by atoms with Crippen molar-refractivity contribution in [3.05, 3.63) is 35.4 Å². The van der Waals surface area contributed by atoms with Crippen molar-refractivity contribution in [2.75, 3.05) is 46.8 Å². The van der Waals surface area contributed by atoms with Gasteiger partial charge in [-0.05, 0) is 43.7 Å². The minimum atomic E-state index is -0.296. The van der Waals surface area contributed by atoms with Crippen LogP contribution in [0.15, 0.2) is 24.3 Å². The quantitative estimate of drug-likeness (QED) is 0.419. The predicted molar refractivity (Wildman–Crippen MR) is 97.3 cm³/mol. The maximum atomic E-state index is 11.7. The van der Waals surface area contributed by atoms with Crippen molar-refractivity contribution in [1.29, 1.82) is 0 Å². The van der Waals surface area contributed by atoms with E-state index in [-0.39, 0.29) is 12.3 Å². The summed E-state index contributed by atoms with van der Waals surface area (Å²) in [6, 6.07) is 7.51. The number of hydrogen-bond donors (Lipinski definition) is 0. The Balaban J connectivity index is 1.45. The van der Waals surface area contributed by atoms with Gasteiger partial charge >= 0.3 is 5.97 Å². The summed E-state index contributed by atoms with van der Waals surface area (Å²) in [5, 5.41) is 0. The van der Waals surface area contributed by atoms with Gasteiger partial charge in [0.15, 0.2) is 6.29 Å². The van der Waals surface area contributed by atoms with Crippen molar-refractivity contribution in [2.24, 2.45) is 0 Å². The normalized spacial score (nSPS) is 17.2. The second-order valence-corrected chi connectivity index (χ2v) is 6.14. The molecule has 2 rings (SSSR count). The van der Waals surface area contributed by atoms with Crippen LogP contribution in [0.2, 0.25) is 0 Å². The number of benzene rings is 1. The number of esters is 1. The smallest absolute Gasteiger partial charge is 0.338 e. The summed E-state index contributed by atoms with van der Waals surface area (Å²) in [4.78, 5) is 11.7. The van der Waals surface area contributed by atoms with Crippen LogP contribution in [0, 0.1) is 0 Å². The highest BCUT2D eigenvalue weighted by molar-refractivity contribution is 5.90. The molecule has 1 atom stereocenters. The Morgan fingerprint density at radius 3 is 2.62 bits per heavy atom. The zero-order valence-corrected chi connectivity index (χ0v) is 15.6. The molecule has 0 amide bonds. The monoisotopic (exact) mass is 366 g/mol. The van der Waals surface area contributed by atoms with E-state index in [4.69, 9.17) is 23.7 Å². The molecule has 1 saturated heterocycles. The van der Waals surface area contributed by atoms with E-state index in [0.29, 0.717) is 38.6 Å². The Labute approximate surface area is 155 Å². The Morgan fingerprint density at radius 1 is 1.08 bits per heavy atom. The van der Waals surface area contributed by atoms with Crippen LogP contribution in [0.5, 0.6) is 0 Å². The molecule has 1 fully saturated rings. The maximum absolute atomic E-state index is 11.7. The van der Waals surface area contributed by atoms with Crippen molar-refractivity contribution in [2.45, 2.75) is 38.4 Å². The van der Waals surface area contributed by atoms with Crippen molar-refractivity contribution >= 4 is 5.97 Å². The van der Waals surface area contributed by atoms with Crippen LogP contribution < -0.4 is 0 Å². The van der Waals surface area contributed by atoms with Gasteiger partial charge in [-0.1, -0.05) is 18.2 Å². The van der Waals surface area contributed by atoms with E-state index < -0.39 is 0 Å². The number of hydrogen-bond acceptors (Lipinski definition) is 6. The van der Waals surface area contributed by atoms with Gasteiger partial charge in [-0.3, -0.25) is 0 Å². The summed E-state index contributed by atoms with van der Waals surface area (Å²) in [5.74, 6) is -0.296. The molecule has 26 heavy (non-hydrogen) atoms. The Bertz CT molecular complexity index is 513. The lowest BCUT2D eigenvalue weighted by Crippen LogP contribution is -2.24. The molecular weight excluding hydrogens is 336 g/mol. The summed E-state index contributed by atoms with van der Waals surface area (Å²) in [7, 11) is 1.40. The summed E-state index contributed by atoms with van der Waals surface area (Å²) in [5.41, 5.74) is 1.61. The van der Waals surface area contributed by atoms with Gasteiger partial charge in [-0.25, -0.2) is 4.79 Å². The van der Waals surface area contributed by atoms with Crippen molar-refractivity contribution in [1.82, 2.24) is 0 Å². The van der Waals surface area contributed by atoms with Crippen LogP contribution in [0.25, 0.3) is 0 Å². The first-order chi connectivity index (χ1) is 12.8. The zero-order valence-electron chi connectivity index (χ0n) is 15.6. The molecule has 0 saturated carbocycles. The lowest BCUT2D eigenvalue weighted by molar-refractivity contribution is -0.169. The van der Waals surface area contributed by atoms with Gasteiger partial charge in [0, 0.05) is 13.2 Å². The molecule has 1 aromatic carbocycles. The standard InChI is InChI=1S/C20H30O6/c1-22-20(21)18-9-3-2-7-17(18)8-6-11-23-13-14-24-15-16-26-19-10-4-5-12-25-19/h2-3,7,9,19H,4-6,8,10-16H2,1H3.